The number of carbonyl (C=O) groups is 1. The molecule has 1 heterocycles. The van der Waals surface area contributed by atoms with Gasteiger partial charge in [-0.05, 0) is 44.9 Å². The molecule has 9 unspecified atom stereocenters. The van der Waals surface area contributed by atoms with Crippen LogP contribution in [-0.4, -0.2) is 110 Å². The molecule has 0 saturated carbocycles. The Kier molecular flexibility index (Phi) is 37.9. The molecule has 360 valence electrons. The highest BCUT2D eigenvalue weighted by molar-refractivity contribution is 5.80. The van der Waals surface area contributed by atoms with Crippen LogP contribution >= 0.6 is 0 Å². The van der Waals surface area contributed by atoms with Crippen molar-refractivity contribution in [3.05, 3.63) is 24.3 Å². The second-order valence-corrected chi connectivity index (χ2v) is 17.9. The highest BCUT2D eigenvalue weighted by atomic mass is 16.7. The second kappa shape index (κ2) is 40.1. The molecule has 1 rings (SSSR count). The molecule has 1 amide bonds. The molecule has 1 aliphatic heterocycles. The Morgan fingerprint density at radius 2 is 1.00 bits per heavy atom. The number of amides is 1. The first-order valence-corrected chi connectivity index (χ1v) is 25.2. The molecule has 1 fully saturated rings. The topological polar surface area (TPSA) is 189 Å². The maximum atomic E-state index is 13.1. The van der Waals surface area contributed by atoms with Crippen LogP contribution in [0.3, 0.4) is 0 Å². The first kappa shape index (κ1) is 57.6. The van der Waals surface area contributed by atoms with Crippen LogP contribution in [0.1, 0.15) is 219 Å². The van der Waals surface area contributed by atoms with Gasteiger partial charge in [-0.3, -0.25) is 4.79 Å². The summed E-state index contributed by atoms with van der Waals surface area (Å²) in [5, 5.41) is 75.6. The van der Waals surface area contributed by atoms with Crippen LogP contribution in [0.5, 0.6) is 0 Å². The number of aliphatic hydroxyl groups excluding tert-OH is 7. The molecule has 0 aliphatic carbocycles. The molecule has 9 atom stereocenters. The lowest BCUT2D eigenvalue weighted by Gasteiger charge is -2.40. The van der Waals surface area contributed by atoms with Gasteiger partial charge in [-0.2, -0.15) is 0 Å². The predicted octanol–water partition coefficient (Wildman–Crippen LogP) is 9.01. The number of allylic oxidation sites excluding steroid dienone is 4. The molecule has 0 bridgehead atoms. The third-order valence-corrected chi connectivity index (χ3v) is 12.3. The Morgan fingerprint density at radius 3 is 1.46 bits per heavy atom. The number of unbranched alkanes of at least 4 members (excludes halogenated alkanes) is 26. The molecule has 11 heteroatoms. The van der Waals surface area contributed by atoms with E-state index in [1.807, 2.05) is 0 Å². The van der Waals surface area contributed by atoms with Gasteiger partial charge in [0.15, 0.2) is 6.29 Å². The average Bonchev–Trinajstić information content (AvgIpc) is 3.26. The Bertz CT molecular complexity index is 1040. The minimum Gasteiger partial charge on any atom is -0.394 e. The fourth-order valence-corrected chi connectivity index (χ4v) is 8.06. The van der Waals surface area contributed by atoms with E-state index in [0.29, 0.717) is 19.3 Å². The summed E-state index contributed by atoms with van der Waals surface area (Å²) in [4.78, 5) is 13.1. The molecule has 1 aliphatic rings. The summed E-state index contributed by atoms with van der Waals surface area (Å²) in [5.41, 5.74) is 0. The summed E-state index contributed by atoms with van der Waals surface area (Å²) in [5.74, 6) is -0.702. The summed E-state index contributed by atoms with van der Waals surface area (Å²) in [6.45, 7) is 3.42. The normalized spacial score (nSPS) is 21.6. The Labute approximate surface area is 372 Å². The molecular weight excluding hydrogens is 775 g/mol. The van der Waals surface area contributed by atoms with Crippen molar-refractivity contribution in [2.45, 2.75) is 274 Å². The second-order valence-electron chi connectivity index (χ2n) is 17.9. The molecule has 0 spiro atoms. The third-order valence-electron chi connectivity index (χ3n) is 12.3. The van der Waals surface area contributed by atoms with Crippen molar-refractivity contribution in [3.63, 3.8) is 0 Å². The predicted molar refractivity (Wildman–Crippen MR) is 247 cm³/mol. The smallest absolute Gasteiger partial charge is 0.249 e. The van der Waals surface area contributed by atoms with Gasteiger partial charge < -0.3 is 50.5 Å². The zero-order chi connectivity index (χ0) is 44.8. The number of hydrogen-bond acceptors (Lipinski definition) is 10. The Hall–Kier alpha value is -1.41. The van der Waals surface area contributed by atoms with E-state index in [2.05, 4.69) is 43.5 Å². The number of nitrogens with one attached hydrogen (secondary N) is 1. The highest BCUT2D eigenvalue weighted by Gasteiger charge is 2.44. The minimum atomic E-state index is -1.66. The highest BCUT2D eigenvalue weighted by Crippen LogP contribution is 2.23. The lowest BCUT2D eigenvalue weighted by Crippen LogP contribution is -2.60. The van der Waals surface area contributed by atoms with Gasteiger partial charge in [0.2, 0.25) is 5.91 Å². The fraction of sp³-hybridized carbons (Fsp3) is 0.900. The Morgan fingerprint density at radius 1 is 0.574 bits per heavy atom. The minimum absolute atomic E-state index is 0.254. The van der Waals surface area contributed by atoms with E-state index >= 15 is 0 Å². The molecule has 8 N–H and O–H groups in total. The van der Waals surface area contributed by atoms with E-state index in [1.54, 1.807) is 0 Å². The maximum Gasteiger partial charge on any atom is 0.249 e. The van der Waals surface area contributed by atoms with Crippen molar-refractivity contribution in [3.8, 4) is 0 Å². The summed E-state index contributed by atoms with van der Waals surface area (Å²) in [6, 6.07) is -1.17. The van der Waals surface area contributed by atoms with Gasteiger partial charge in [0.05, 0.1) is 25.4 Å². The van der Waals surface area contributed by atoms with Gasteiger partial charge in [-0.1, -0.05) is 199 Å². The van der Waals surface area contributed by atoms with Crippen molar-refractivity contribution in [1.82, 2.24) is 5.32 Å². The SMILES string of the molecule is CCCCCCCCCCC/C=C\C/C=C\CCCCCCCCCCC(O)C(=O)NC(COC1OC(CO)C(O)C(O)C1O)C(O)C(O)CCCCCCCCCCCC. The van der Waals surface area contributed by atoms with Gasteiger partial charge in [0.25, 0.3) is 0 Å². The monoisotopic (exact) mass is 870 g/mol. The number of hydrogen-bond donors (Lipinski definition) is 8. The zero-order valence-electron chi connectivity index (χ0n) is 38.9. The van der Waals surface area contributed by atoms with Crippen LogP contribution in [0.15, 0.2) is 24.3 Å². The van der Waals surface area contributed by atoms with E-state index in [9.17, 15) is 40.5 Å². The first-order valence-electron chi connectivity index (χ1n) is 25.2. The van der Waals surface area contributed by atoms with Gasteiger partial charge in [-0.25, -0.2) is 0 Å². The average molecular weight is 870 g/mol. The van der Waals surface area contributed by atoms with Gasteiger partial charge in [-0.15, -0.1) is 0 Å². The van der Waals surface area contributed by atoms with E-state index in [4.69, 9.17) is 9.47 Å². The number of ether oxygens (including phenoxy) is 2. The molecule has 11 nitrogen and oxygen atoms in total. The lowest BCUT2D eigenvalue weighted by molar-refractivity contribution is -0.303. The summed E-state index contributed by atoms with van der Waals surface area (Å²) in [7, 11) is 0. The summed E-state index contributed by atoms with van der Waals surface area (Å²) < 4.78 is 11.1. The molecule has 1 saturated heterocycles. The number of rotatable bonds is 42. The molecule has 0 aromatic heterocycles. The van der Waals surface area contributed by atoms with Crippen LogP contribution in [0.4, 0.5) is 0 Å². The number of aliphatic hydroxyl groups is 7. The van der Waals surface area contributed by atoms with Crippen molar-refractivity contribution in [2.24, 2.45) is 0 Å². The molecule has 0 aromatic rings. The summed E-state index contributed by atoms with van der Waals surface area (Å²) in [6.07, 6.45) is 33.8. The van der Waals surface area contributed by atoms with Crippen LogP contribution < -0.4 is 5.32 Å². The van der Waals surface area contributed by atoms with Gasteiger partial charge in [0, 0.05) is 0 Å². The Balaban J connectivity index is 2.33. The molecule has 0 radical (unpaired) electrons. The van der Waals surface area contributed by atoms with Crippen LogP contribution in [0, 0.1) is 0 Å². The quantitative estimate of drug-likeness (QED) is 0.0217. The van der Waals surface area contributed by atoms with Crippen LogP contribution in [0.2, 0.25) is 0 Å². The molecular formula is C50H95NO10. The standard InChI is InChI=1S/C50H95NO10/c1-3-5-7-9-11-13-15-16-17-18-19-20-21-22-23-24-25-26-27-28-30-32-34-36-38-43(54)49(59)51-41(40-60-50-48(58)47(57)46(56)44(39-52)61-50)45(55)42(53)37-35-33-31-29-14-12-10-8-6-4-2/h19-20,22-23,41-48,50,52-58H,3-18,21,24-40H2,1-2H3,(H,51,59)/b20-19-,23-22-. The van der Waals surface area contributed by atoms with E-state index < -0.39 is 74.2 Å². The molecule has 61 heavy (non-hydrogen) atoms. The van der Waals surface area contributed by atoms with E-state index in [0.717, 1.165) is 51.4 Å². The third kappa shape index (κ3) is 29.6. The van der Waals surface area contributed by atoms with Gasteiger partial charge in [0.1, 0.15) is 36.6 Å². The zero-order valence-corrected chi connectivity index (χ0v) is 38.9. The van der Waals surface area contributed by atoms with Crippen molar-refractivity contribution in [2.75, 3.05) is 13.2 Å². The largest absolute Gasteiger partial charge is 0.394 e. The van der Waals surface area contributed by atoms with Gasteiger partial charge >= 0.3 is 0 Å². The van der Waals surface area contributed by atoms with Crippen molar-refractivity contribution < 1.29 is 50.0 Å². The van der Waals surface area contributed by atoms with Crippen molar-refractivity contribution in [1.29, 1.82) is 0 Å². The van der Waals surface area contributed by atoms with E-state index in [1.165, 1.54) is 128 Å². The first-order chi connectivity index (χ1) is 29.7. The van der Waals surface area contributed by atoms with Crippen LogP contribution in [-0.2, 0) is 14.3 Å². The molecule has 0 aromatic carbocycles. The van der Waals surface area contributed by atoms with Crippen LogP contribution in [0.25, 0.3) is 0 Å². The van der Waals surface area contributed by atoms with Crippen molar-refractivity contribution >= 4 is 5.91 Å². The van der Waals surface area contributed by atoms with E-state index in [-0.39, 0.29) is 6.42 Å². The lowest BCUT2D eigenvalue weighted by atomic mass is 9.98. The summed E-state index contributed by atoms with van der Waals surface area (Å²) >= 11 is 0. The maximum absolute atomic E-state index is 13.1. The fourth-order valence-electron chi connectivity index (χ4n) is 8.06. The number of carbonyl (C=O) groups excluding carboxylic acids is 1.